The molecule has 8 nitrogen and oxygen atoms in total. The molecule has 0 unspecified atom stereocenters. The monoisotopic (exact) mass is 410 g/mol. The van der Waals surface area contributed by atoms with Gasteiger partial charge in [-0.25, -0.2) is 4.99 Å². The molecule has 29 heavy (non-hydrogen) atoms. The molecule has 0 amide bonds. The maximum absolute atomic E-state index is 11.4. The van der Waals surface area contributed by atoms with Crippen molar-refractivity contribution in [1.29, 1.82) is 5.26 Å². The number of anilines is 1. The molecule has 1 saturated heterocycles. The van der Waals surface area contributed by atoms with Crippen molar-refractivity contribution < 1.29 is 4.92 Å². The van der Waals surface area contributed by atoms with Crippen LogP contribution in [0.1, 0.15) is 5.56 Å². The van der Waals surface area contributed by atoms with E-state index in [9.17, 15) is 10.1 Å². The molecule has 1 fully saturated rings. The third kappa shape index (κ3) is 5.47. The molecule has 0 aromatic heterocycles. The molecule has 150 valence electrons. The fourth-order valence-electron chi connectivity index (χ4n) is 3.24. The minimum absolute atomic E-state index is 0.0808. The number of nitro benzene ring substituents is 1. The van der Waals surface area contributed by atoms with Crippen LogP contribution in [0, 0.1) is 21.6 Å². The predicted octanol–water partition coefficient (Wildman–Crippen LogP) is 3.34. The van der Waals surface area contributed by atoms with Gasteiger partial charge in [-0.2, -0.15) is 5.26 Å². The highest BCUT2D eigenvalue weighted by Gasteiger charge is 2.21. The van der Waals surface area contributed by atoms with Crippen LogP contribution < -0.4 is 10.2 Å². The first-order chi connectivity index (χ1) is 14.1. The fraction of sp³-hybridized carbons (Fsp3) is 0.300. The molecule has 3 rings (SSSR count). The highest BCUT2D eigenvalue weighted by Crippen LogP contribution is 2.33. The standard InChI is InChI=1S/C20H22N6O2S/c1-29-20(22-15-21)23-18-13-17(7-8-19(18)26(27)28)25-11-9-24(10-12-25)14-16-5-3-2-4-6-16/h2-8,13H,9-12,14H2,1H3,(H,22,23). The summed E-state index contributed by atoms with van der Waals surface area (Å²) in [7, 11) is 0. The largest absolute Gasteiger partial charge is 0.369 e. The molecule has 0 radical (unpaired) electrons. The number of nitrogens with one attached hydrogen (secondary N) is 1. The molecule has 0 bridgehead atoms. The average molecular weight is 411 g/mol. The zero-order chi connectivity index (χ0) is 20.6. The number of thioether (sulfide) groups is 1. The average Bonchev–Trinajstić information content (AvgIpc) is 2.74. The summed E-state index contributed by atoms with van der Waals surface area (Å²) in [6.45, 7) is 4.41. The van der Waals surface area contributed by atoms with Crippen molar-refractivity contribution >= 4 is 34.0 Å². The predicted molar refractivity (Wildman–Crippen MR) is 116 cm³/mol. The van der Waals surface area contributed by atoms with E-state index in [1.54, 1.807) is 24.6 Å². The zero-order valence-electron chi connectivity index (χ0n) is 16.1. The van der Waals surface area contributed by atoms with E-state index in [-0.39, 0.29) is 11.4 Å². The van der Waals surface area contributed by atoms with Crippen molar-refractivity contribution in [2.45, 2.75) is 6.54 Å². The van der Waals surface area contributed by atoms with E-state index in [0.717, 1.165) is 38.4 Å². The Kier molecular flexibility index (Phi) is 7.05. The third-order valence-corrected chi connectivity index (χ3v) is 5.30. The second kappa shape index (κ2) is 9.91. The van der Waals surface area contributed by atoms with E-state index in [1.807, 2.05) is 6.07 Å². The Morgan fingerprint density at radius 3 is 2.59 bits per heavy atom. The van der Waals surface area contributed by atoms with Gasteiger partial charge >= 0.3 is 0 Å². The fourth-order valence-corrected chi connectivity index (χ4v) is 3.58. The lowest BCUT2D eigenvalue weighted by molar-refractivity contribution is -0.384. The van der Waals surface area contributed by atoms with Crippen molar-refractivity contribution in [3.8, 4) is 6.19 Å². The highest BCUT2D eigenvalue weighted by atomic mass is 32.2. The third-order valence-electron chi connectivity index (χ3n) is 4.72. The van der Waals surface area contributed by atoms with Crippen LogP contribution in [0.4, 0.5) is 17.1 Å². The summed E-state index contributed by atoms with van der Waals surface area (Å²) in [6, 6.07) is 15.3. The second-order valence-electron chi connectivity index (χ2n) is 6.54. The molecule has 9 heteroatoms. The van der Waals surface area contributed by atoms with Crippen LogP contribution in [0.5, 0.6) is 0 Å². The van der Waals surface area contributed by atoms with E-state index >= 15 is 0 Å². The quantitative estimate of drug-likeness (QED) is 0.202. The number of aliphatic imine (C=N–C) groups is 1. The number of nitro groups is 1. The summed E-state index contributed by atoms with van der Waals surface area (Å²) >= 11 is 1.23. The molecule has 2 aromatic rings. The Morgan fingerprint density at radius 2 is 1.97 bits per heavy atom. The molecule has 0 aliphatic carbocycles. The van der Waals surface area contributed by atoms with E-state index in [1.165, 1.54) is 23.4 Å². The minimum atomic E-state index is -0.454. The highest BCUT2D eigenvalue weighted by molar-refractivity contribution is 8.13. The number of nitriles is 1. The first-order valence-electron chi connectivity index (χ1n) is 9.18. The van der Waals surface area contributed by atoms with Gasteiger partial charge in [-0.05, 0) is 24.0 Å². The first-order valence-corrected chi connectivity index (χ1v) is 10.4. The molecular weight excluding hydrogens is 388 g/mol. The summed E-state index contributed by atoms with van der Waals surface area (Å²) in [5.41, 5.74) is 2.35. The second-order valence-corrected chi connectivity index (χ2v) is 7.33. The summed E-state index contributed by atoms with van der Waals surface area (Å²) in [5, 5.41) is 23.0. The summed E-state index contributed by atoms with van der Waals surface area (Å²) in [4.78, 5) is 19.8. The molecule has 1 aliphatic rings. The topological polar surface area (TPSA) is 97.8 Å². The van der Waals surface area contributed by atoms with Crippen molar-refractivity contribution in [2.24, 2.45) is 4.99 Å². The van der Waals surface area contributed by atoms with Gasteiger partial charge in [0, 0.05) is 44.5 Å². The molecule has 1 aliphatic heterocycles. The lowest BCUT2D eigenvalue weighted by Gasteiger charge is -2.36. The van der Waals surface area contributed by atoms with Crippen LogP contribution in [0.25, 0.3) is 0 Å². The number of hydrogen-bond acceptors (Lipinski definition) is 7. The van der Waals surface area contributed by atoms with Crippen LogP contribution in [0.3, 0.4) is 0 Å². The SMILES string of the molecule is CSC(=Nc1cc(N2CCN(Cc3ccccc3)CC2)ccc1[N+](=O)[O-])NC#N. The van der Waals surface area contributed by atoms with Crippen LogP contribution in [-0.4, -0.2) is 47.4 Å². The van der Waals surface area contributed by atoms with E-state index < -0.39 is 4.92 Å². The van der Waals surface area contributed by atoms with Gasteiger partial charge in [-0.15, -0.1) is 0 Å². The van der Waals surface area contributed by atoms with Gasteiger partial charge in [-0.1, -0.05) is 42.1 Å². The first kappa shape index (κ1) is 20.6. The van der Waals surface area contributed by atoms with Gasteiger partial charge in [-0.3, -0.25) is 20.3 Å². The Bertz CT molecular complexity index is 920. The zero-order valence-corrected chi connectivity index (χ0v) is 16.9. The number of benzene rings is 2. The van der Waals surface area contributed by atoms with Crippen LogP contribution in [0.15, 0.2) is 53.5 Å². The van der Waals surface area contributed by atoms with Crippen molar-refractivity contribution in [2.75, 3.05) is 37.3 Å². The van der Waals surface area contributed by atoms with E-state index in [2.05, 4.69) is 44.4 Å². The number of hydrogen-bond donors (Lipinski definition) is 1. The Balaban J connectivity index is 1.73. The molecule has 0 atom stereocenters. The smallest absolute Gasteiger partial charge is 0.295 e. The van der Waals surface area contributed by atoms with Crippen LogP contribution in [-0.2, 0) is 6.54 Å². The summed E-state index contributed by atoms with van der Waals surface area (Å²) in [6.07, 6.45) is 3.56. The van der Waals surface area contributed by atoms with Crippen LogP contribution in [0.2, 0.25) is 0 Å². The summed E-state index contributed by atoms with van der Waals surface area (Å²) in [5.74, 6) is 0. The van der Waals surface area contributed by atoms with E-state index in [4.69, 9.17) is 5.26 Å². The Hall–Kier alpha value is -3.09. The molecule has 1 N–H and O–H groups in total. The number of rotatable bonds is 5. The van der Waals surface area contributed by atoms with Crippen molar-refractivity contribution in [3.63, 3.8) is 0 Å². The molecule has 0 saturated carbocycles. The maximum Gasteiger partial charge on any atom is 0.295 e. The summed E-state index contributed by atoms with van der Waals surface area (Å²) < 4.78 is 0. The van der Waals surface area contributed by atoms with Gasteiger partial charge in [0.25, 0.3) is 5.69 Å². The van der Waals surface area contributed by atoms with Crippen LogP contribution >= 0.6 is 11.8 Å². The lowest BCUT2D eigenvalue weighted by Crippen LogP contribution is -2.45. The molecular formula is C20H22N6O2S. The number of piperazine rings is 1. The lowest BCUT2D eigenvalue weighted by atomic mass is 10.1. The van der Waals surface area contributed by atoms with Gasteiger partial charge in [0.05, 0.1) is 4.92 Å². The van der Waals surface area contributed by atoms with Gasteiger partial charge < -0.3 is 4.90 Å². The molecule has 0 spiro atoms. The van der Waals surface area contributed by atoms with E-state index in [0.29, 0.717) is 5.17 Å². The van der Waals surface area contributed by atoms with Gasteiger partial charge in [0.2, 0.25) is 0 Å². The van der Waals surface area contributed by atoms with Gasteiger partial charge in [0.15, 0.2) is 11.4 Å². The number of nitrogens with zero attached hydrogens (tertiary/aromatic N) is 5. The minimum Gasteiger partial charge on any atom is -0.369 e. The molecule has 1 heterocycles. The number of amidine groups is 1. The maximum atomic E-state index is 11.4. The molecule has 2 aromatic carbocycles. The Morgan fingerprint density at radius 1 is 1.24 bits per heavy atom. The van der Waals surface area contributed by atoms with Crippen molar-refractivity contribution in [3.05, 3.63) is 64.2 Å². The van der Waals surface area contributed by atoms with Gasteiger partial charge in [0.1, 0.15) is 5.69 Å². The Labute approximate surface area is 174 Å². The normalized spacial score (nSPS) is 15.0. The van der Waals surface area contributed by atoms with Crippen molar-refractivity contribution in [1.82, 2.24) is 10.2 Å².